The summed E-state index contributed by atoms with van der Waals surface area (Å²) in [5.74, 6) is 0.973. The average Bonchev–Trinajstić information content (AvgIpc) is 2.84. The first-order valence-electron chi connectivity index (χ1n) is 11.0. The largest absolute Gasteiger partial charge is 0.479 e. The molecule has 2 atom stereocenters. The van der Waals surface area contributed by atoms with Crippen LogP contribution in [0.25, 0.3) is 11.6 Å². The Balaban J connectivity index is 1.41. The second kappa shape index (κ2) is 8.70. The second-order valence-electron chi connectivity index (χ2n) is 8.26. The van der Waals surface area contributed by atoms with Crippen molar-refractivity contribution in [1.29, 1.82) is 0 Å². The van der Waals surface area contributed by atoms with Gasteiger partial charge in [0.25, 0.3) is 0 Å². The van der Waals surface area contributed by atoms with Crippen LogP contribution in [-0.2, 0) is 16.0 Å². The monoisotopic (exact) mass is 447 g/mol. The molecule has 1 N–H and O–H groups in total. The Kier molecular flexibility index (Phi) is 5.59. The molecule has 1 fully saturated rings. The number of anilines is 2. The fraction of sp³-hybridized carbons (Fsp3) is 0.391. The molecule has 170 valence electrons. The Bertz CT molecular complexity index is 1170. The summed E-state index contributed by atoms with van der Waals surface area (Å²) < 4.78 is 5.38. The van der Waals surface area contributed by atoms with Crippen molar-refractivity contribution in [2.24, 2.45) is 0 Å². The van der Waals surface area contributed by atoms with Crippen molar-refractivity contribution in [3.8, 4) is 11.6 Å². The van der Waals surface area contributed by atoms with Crippen LogP contribution >= 0.6 is 0 Å². The predicted octanol–water partition coefficient (Wildman–Crippen LogP) is 2.05. The normalized spacial score (nSPS) is 20.4. The molecule has 0 spiro atoms. The van der Waals surface area contributed by atoms with Gasteiger partial charge in [0.15, 0.2) is 17.8 Å². The smallest absolute Gasteiger partial charge is 0.334 e. The second-order valence-corrected chi connectivity index (χ2v) is 8.26. The van der Waals surface area contributed by atoms with Crippen molar-refractivity contribution in [2.75, 3.05) is 36.0 Å². The molecule has 5 rings (SSSR count). The first kappa shape index (κ1) is 21.2. The molecule has 0 bridgehead atoms. The van der Waals surface area contributed by atoms with E-state index in [0.29, 0.717) is 31.3 Å². The summed E-state index contributed by atoms with van der Waals surface area (Å²) in [7, 11) is 0. The lowest BCUT2D eigenvalue weighted by Crippen LogP contribution is -2.46. The highest BCUT2D eigenvalue weighted by atomic mass is 16.5. The number of pyridine rings is 1. The number of ether oxygens (including phenoxy) is 1. The summed E-state index contributed by atoms with van der Waals surface area (Å²) in [6, 6.07) is 5.83. The van der Waals surface area contributed by atoms with E-state index >= 15 is 0 Å². The lowest BCUT2D eigenvalue weighted by molar-refractivity contribution is -0.150. The predicted molar refractivity (Wildman–Crippen MR) is 121 cm³/mol. The van der Waals surface area contributed by atoms with E-state index in [1.807, 2.05) is 25.3 Å². The molecule has 5 heterocycles. The number of carbonyl (C=O) groups is 1. The van der Waals surface area contributed by atoms with Crippen molar-refractivity contribution in [2.45, 2.75) is 32.4 Å². The molecular weight excluding hydrogens is 422 g/mol. The third-order valence-electron chi connectivity index (χ3n) is 6.10. The Morgan fingerprint density at radius 3 is 2.73 bits per heavy atom. The number of fused-ring (bicyclic) bond motifs is 1. The molecule has 10 heteroatoms. The minimum absolute atomic E-state index is 0.0399. The molecule has 0 aromatic carbocycles. The molecule has 0 amide bonds. The number of carboxylic acid groups (broad SMARTS) is 1. The third-order valence-corrected chi connectivity index (χ3v) is 6.10. The zero-order chi connectivity index (χ0) is 22.9. The maximum absolute atomic E-state index is 11.4. The lowest BCUT2D eigenvalue weighted by Gasteiger charge is -2.37. The van der Waals surface area contributed by atoms with Crippen molar-refractivity contribution in [1.82, 2.24) is 24.9 Å². The van der Waals surface area contributed by atoms with E-state index in [4.69, 9.17) is 14.7 Å². The molecule has 3 aromatic heterocycles. The van der Waals surface area contributed by atoms with Crippen LogP contribution in [0, 0.1) is 6.92 Å². The van der Waals surface area contributed by atoms with Crippen LogP contribution in [0.2, 0.25) is 0 Å². The van der Waals surface area contributed by atoms with Crippen molar-refractivity contribution >= 4 is 17.5 Å². The SMILES string of the molecule is Cc1cc(N2CCOC(C(=O)O)C2)cc(N2CCc3nc(-c4ncccn4)ncc3C2C)n1. The lowest BCUT2D eigenvalue weighted by atomic mass is 9.99. The van der Waals surface area contributed by atoms with Crippen LogP contribution in [0.15, 0.2) is 36.8 Å². The van der Waals surface area contributed by atoms with E-state index in [-0.39, 0.29) is 6.04 Å². The molecule has 1 saturated heterocycles. The third kappa shape index (κ3) is 4.21. The first-order chi connectivity index (χ1) is 16.0. The molecule has 2 unspecified atom stereocenters. The number of morpholine rings is 1. The van der Waals surface area contributed by atoms with Gasteiger partial charge in [-0.3, -0.25) is 0 Å². The van der Waals surface area contributed by atoms with Gasteiger partial charge in [0.05, 0.1) is 24.9 Å². The highest BCUT2D eigenvalue weighted by molar-refractivity contribution is 5.74. The summed E-state index contributed by atoms with van der Waals surface area (Å²) >= 11 is 0. The van der Waals surface area contributed by atoms with Gasteiger partial charge >= 0.3 is 5.97 Å². The molecule has 0 radical (unpaired) electrons. The van der Waals surface area contributed by atoms with Crippen molar-refractivity contribution < 1.29 is 14.6 Å². The summed E-state index contributed by atoms with van der Waals surface area (Å²) in [5, 5.41) is 9.34. The van der Waals surface area contributed by atoms with E-state index < -0.39 is 12.1 Å². The quantitative estimate of drug-likeness (QED) is 0.637. The molecule has 33 heavy (non-hydrogen) atoms. The van der Waals surface area contributed by atoms with Crippen LogP contribution in [0.3, 0.4) is 0 Å². The zero-order valence-electron chi connectivity index (χ0n) is 18.5. The fourth-order valence-corrected chi connectivity index (χ4v) is 4.39. The van der Waals surface area contributed by atoms with Crippen molar-refractivity contribution in [3.63, 3.8) is 0 Å². The van der Waals surface area contributed by atoms with Crippen LogP contribution in [0.4, 0.5) is 11.5 Å². The number of hydrogen-bond acceptors (Lipinski definition) is 9. The topological polar surface area (TPSA) is 117 Å². The highest BCUT2D eigenvalue weighted by Gasteiger charge is 2.30. The minimum Gasteiger partial charge on any atom is -0.479 e. The number of aryl methyl sites for hydroxylation is 1. The van der Waals surface area contributed by atoms with Crippen LogP contribution in [-0.4, -0.2) is 68.3 Å². The Hall–Kier alpha value is -3.66. The van der Waals surface area contributed by atoms with Crippen LogP contribution in [0.1, 0.15) is 29.9 Å². The zero-order valence-corrected chi connectivity index (χ0v) is 18.5. The van der Waals surface area contributed by atoms with Crippen molar-refractivity contribution in [3.05, 3.63) is 53.7 Å². The Labute approximate surface area is 191 Å². The van der Waals surface area contributed by atoms with Crippen LogP contribution in [0.5, 0.6) is 0 Å². The maximum Gasteiger partial charge on any atom is 0.334 e. The van der Waals surface area contributed by atoms with E-state index in [2.05, 4.69) is 31.7 Å². The number of carboxylic acids is 1. The van der Waals surface area contributed by atoms with E-state index in [0.717, 1.165) is 41.4 Å². The molecule has 2 aliphatic rings. The van der Waals surface area contributed by atoms with E-state index in [1.54, 1.807) is 18.5 Å². The average molecular weight is 447 g/mol. The van der Waals surface area contributed by atoms with Gasteiger partial charge in [0, 0.05) is 61.1 Å². The van der Waals surface area contributed by atoms with E-state index in [1.165, 1.54) is 0 Å². The van der Waals surface area contributed by atoms with Gasteiger partial charge in [-0.25, -0.2) is 29.7 Å². The van der Waals surface area contributed by atoms with Gasteiger partial charge in [-0.15, -0.1) is 0 Å². The van der Waals surface area contributed by atoms with Gasteiger partial charge in [-0.1, -0.05) is 0 Å². The summed E-state index contributed by atoms with van der Waals surface area (Å²) in [6.45, 7) is 6.18. The molecule has 3 aromatic rings. The van der Waals surface area contributed by atoms with Crippen LogP contribution < -0.4 is 9.80 Å². The number of rotatable bonds is 4. The summed E-state index contributed by atoms with van der Waals surface area (Å²) in [5.41, 5.74) is 3.90. The van der Waals surface area contributed by atoms with Gasteiger partial charge in [-0.2, -0.15) is 0 Å². The van der Waals surface area contributed by atoms with Gasteiger partial charge < -0.3 is 19.6 Å². The van der Waals surface area contributed by atoms with Gasteiger partial charge in [0.1, 0.15) is 5.82 Å². The molecule has 0 saturated carbocycles. The Morgan fingerprint density at radius 2 is 1.94 bits per heavy atom. The van der Waals surface area contributed by atoms with E-state index in [9.17, 15) is 9.90 Å². The number of aromatic nitrogens is 5. The summed E-state index contributed by atoms with van der Waals surface area (Å²) in [4.78, 5) is 38.2. The highest BCUT2D eigenvalue weighted by Crippen LogP contribution is 2.34. The number of aliphatic carboxylic acids is 1. The first-order valence-corrected chi connectivity index (χ1v) is 11.0. The summed E-state index contributed by atoms with van der Waals surface area (Å²) in [6.07, 6.45) is 5.16. The maximum atomic E-state index is 11.4. The minimum atomic E-state index is -0.938. The van der Waals surface area contributed by atoms with Gasteiger partial charge in [0.2, 0.25) is 0 Å². The molecule has 0 aliphatic carbocycles. The Morgan fingerprint density at radius 1 is 1.12 bits per heavy atom. The molecular formula is C23H25N7O3. The fourth-order valence-electron chi connectivity index (χ4n) is 4.39. The standard InChI is InChI=1S/C23H25N7O3/c1-14-10-16(29-8-9-33-19(13-29)23(31)32)11-20(27-14)30-7-4-18-17(15(30)2)12-26-22(28-18)21-24-5-3-6-25-21/h3,5-6,10-12,15,19H,4,7-9,13H2,1-2H3,(H,31,32). The number of nitrogens with zero attached hydrogens (tertiary/aromatic N) is 7. The molecule has 10 nitrogen and oxygen atoms in total. The molecule has 2 aliphatic heterocycles. The van der Waals surface area contributed by atoms with Gasteiger partial charge in [-0.05, 0) is 26.0 Å². The number of hydrogen-bond donors (Lipinski definition) is 1.